The van der Waals surface area contributed by atoms with Crippen LogP contribution in [0.2, 0.25) is 0 Å². The maximum Gasteiger partial charge on any atom is 0.469 e. The summed E-state index contributed by atoms with van der Waals surface area (Å²) in [5, 5.41) is 7.47. The van der Waals surface area contributed by atoms with Crippen LogP contribution in [0.5, 0.6) is 6.01 Å². The SMILES string of the molecule is CC(=O)O[C@H]1[C@H]2Oc3nc(=N)ccn3[C@@H]2O[C@@H]1COP(=O)(O)O. The second kappa shape index (κ2) is 5.69. The molecule has 1 fully saturated rings. The number of rotatable bonds is 4. The molecule has 0 amide bonds. The third kappa shape index (κ3) is 3.28. The zero-order valence-corrected chi connectivity index (χ0v) is 12.8. The minimum atomic E-state index is -4.69. The quantitative estimate of drug-likeness (QED) is 0.462. The number of aromatic nitrogens is 2. The van der Waals surface area contributed by atoms with E-state index < -0.39 is 44.9 Å². The third-order valence-electron chi connectivity index (χ3n) is 3.34. The van der Waals surface area contributed by atoms with Crippen molar-refractivity contribution in [1.29, 1.82) is 5.41 Å². The van der Waals surface area contributed by atoms with Crippen LogP contribution in [0.3, 0.4) is 0 Å². The molecule has 12 heteroatoms. The van der Waals surface area contributed by atoms with E-state index in [-0.39, 0.29) is 11.5 Å². The maximum atomic E-state index is 11.3. The van der Waals surface area contributed by atoms with Crippen LogP contribution in [0.1, 0.15) is 13.2 Å². The molecule has 11 nitrogen and oxygen atoms in total. The molecule has 0 saturated carbocycles. The highest BCUT2D eigenvalue weighted by Gasteiger charge is 2.54. The zero-order valence-electron chi connectivity index (χ0n) is 11.9. The van der Waals surface area contributed by atoms with Crippen LogP contribution in [0, 0.1) is 5.41 Å². The Bertz CT molecular complexity index is 730. The Morgan fingerprint density at radius 2 is 2.30 bits per heavy atom. The first-order valence-corrected chi connectivity index (χ1v) is 8.11. The lowest BCUT2D eigenvalue weighted by Crippen LogP contribution is -2.39. The van der Waals surface area contributed by atoms with Gasteiger partial charge in [-0.15, -0.1) is 0 Å². The van der Waals surface area contributed by atoms with Crippen LogP contribution >= 0.6 is 7.82 Å². The molecule has 0 aliphatic carbocycles. The molecule has 1 aromatic heterocycles. The van der Waals surface area contributed by atoms with Crippen molar-refractivity contribution in [1.82, 2.24) is 9.55 Å². The molecule has 2 aliphatic heterocycles. The molecule has 0 aromatic carbocycles. The number of nitrogens with zero attached hydrogens (tertiary/aromatic N) is 2. The fourth-order valence-corrected chi connectivity index (χ4v) is 2.85. The first-order chi connectivity index (χ1) is 10.7. The van der Waals surface area contributed by atoms with Crippen molar-refractivity contribution in [2.45, 2.75) is 31.5 Å². The number of carbonyl (C=O) groups excluding carboxylic acids is 1. The molecule has 1 saturated heterocycles. The minimum absolute atomic E-state index is 0.00152. The van der Waals surface area contributed by atoms with Gasteiger partial charge in [0.1, 0.15) is 6.10 Å². The van der Waals surface area contributed by atoms with Gasteiger partial charge in [0.05, 0.1) is 6.61 Å². The van der Waals surface area contributed by atoms with E-state index in [0.717, 1.165) is 0 Å². The second-order valence-corrected chi connectivity index (χ2v) is 6.25. The van der Waals surface area contributed by atoms with Crippen molar-refractivity contribution in [3.05, 3.63) is 17.8 Å². The molecule has 1 aromatic rings. The number of nitrogens with one attached hydrogen (secondary N) is 1. The Morgan fingerprint density at radius 1 is 1.57 bits per heavy atom. The van der Waals surface area contributed by atoms with Gasteiger partial charge < -0.3 is 24.0 Å². The van der Waals surface area contributed by atoms with Gasteiger partial charge in [-0.2, -0.15) is 4.98 Å². The number of hydrogen-bond acceptors (Lipinski definition) is 8. The maximum absolute atomic E-state index is 11.3. The van der Waals surface area contributed by atoms with Gasteiger partial charge in [0, 0.05) is 13.1 Å². The summed E-state index contributed by atoms with van der Waals surface area (Å²) < 4.78 is 33.2. The van der Waals surface area contributed by atoms with Gasteiger partial charge in [-0.05, 0) is 6.07 Å². The largest absolute Gasteiger partial charge is 0.469 e. The number of carbonyl (C=O) groups is 1. The zero-order chi connectivity index (χ0) is 16.8. The van der Waals surface area contributed by atoms with Crippen molar-refractivity contribution in [3.8, 4) is 6.01 Å². The van der Waals surface area contributed by atoms with Crippen LogP contribution in [0.4, 0.5) is 0 Å². The summed E-state index contributed by atoms with van der Waals surface area (Å²) in [4.78, 5) is 32.8. The van der Waals surface area contributed by atoms with Gasteiger partial charge in [-0.1, -0.05) is 0 Å². The number of phosphoric ester groups is 1. The standard InChI is InChI=1S/C11H14N3O8P/c1-5(15)20-8-6(4-19-23(16,17)18)21-10-9(8)22-11-13-7(12)2-3-14(10)11/h2-3,6,8-10,12H,4H2,1H3,(H2,16,17,18)/t6-,8-,9-,10-/m1/s1. The molecule has 3 N–H and O–H groups in total. The van der Waals surface area contributed by atoms with Gasteiger partial charge in [0.25, 0.3) is 0 Å². The number of phosphoric acid groups is 1. The molecular weight excluding hydrogens is 333 g/mol. The van der Waals surface area contributed by atoms with Crippen LogP contribution in [0.15, 0.2) is 12.3 Å². The molecule has 3 rings (SSSR count). The lowest BCUT2D eigenvalue weighted by Gasteiger charge is -2.21. The molecule has 126 valence electrons. The lowest BCUT2D eigenvalue weighted by molar-refractivity contribution is -0.153. The second-order valence-electron chi connectivity index (χ2n) is 5.01. The lowest BCUT2D eigenvalue weighted by atomic mass is 10.1. The van der Waals surface area contributed by atoms with E-state index in [0.29, 0.717) is 0 Å². The smallest absolute Gasteiger partial charge is 0.456 e. The highest BCUT2D eigenvalue weighted by molar-refractivity contribution is 7.46. The predicted molar refractivity (Wildman–Crippen MR) is 70.0 cm³/mol. The predicted octanol–water partition coefficient (Wildman–Crippen LogP) is -0.938. The fourth-order valence-electron chi connectivity index (χ4n) is 2.51. The summed E-state index contributed by atoms with van der Waals surface area (Å²) in [6, 6.07) is 1.57. The first-order valence-electron chi connectivity index (χ1n) is 6.58. The van der Waals surface area contributed by atoms with Gasteiger partial charge in [-0.25, -0.2) is 4.57 Å². The normalized spacial score (nSPS) is 28.8. The summed E-state index contributed by atoms with van der Waals surface area (Å²) >= 11 is 0. The highest BCUT2D eigenvalue weighted by atomic mass is 31.2. The Hall–Kier alpha value is -1.78. The van der Waals surface area contributed by atoms with Gasteiger partial charge in [-0.3, -0.25) is 19.3 Å². The van der Waals surface area contributed by atoms with Gasteiger partial charge in [0.2, 0.25) is 0 Å². The average Bonchev–Trinajstić information content (AvgIpc) is 2.92. The molecule has 23 heavy (non-hydrogen) atoms. The third-order valence-corrected chi connectivity index (χ3v) is 3.83. The van der Waals surface area contributed by atoms with E-state index in [4.69, 9.17) is 29.4 Å². The summed E-state index contributed by atoms with van der Waals surface area (Å²) in [5.74, 6) is -0.598. The van der Waals surface area contributed by atoms with Crippen molar-refractivity contribution in [2.75, 3.05) is 6.61 Å². The Kier molecular flexibility index (Phi) is 3.98. The van der Waals surface area contributed by atoms with E-state index in [1.54, 1.807) is 0 Å². The number of fused-ring (bicyclic) bond motifs is 3. The molecule has 0 unspecified atom stereocenters. The van der Waals surface area contributed by atoms with Crippen molar-refractivity contribution in [3.63, 3.8) is 0 Å². The van der Waals surface area contributed by atoms with Crippen molar-refractivity contribution in [2.24, 2.45) is 0 Å². The fraction of sp³-hybridized carbons (Fsp3) is 0.545. The van der Waals surface area contributed by atoms with Crippen molar-refractivity contribution >= 4 is 13.8 Å². The molecule has 2 aliphatic rings. The van der Waals surface area contributed by atoms with Gasteiger partial charge in [0.15, 0.2) is 23.9 Å². The topological polar surface area (TPSA) is 153 Å². The monoisotopic (exact) mass is 347 g/mol. The minimum Gasteiger partial charge on any atom is -0.456 e. The van der Waals surface area contributed by atoms with E-state index in [1.807, 2.05) is 0 Å². The van der Waals surface area contributed by atoms with E-state index in [9.17, 15) is 9.36 Å². The molecule has 0 radical (unpaired) electrons. The molecule has 0 spiro atoms. The van der Waals surface area contributed by atoms with E-state index in [1.165, 1.54) is 23.8 Å². The van der Waals surface area contributed by atoms with E-state index >= 15 is 0 Å². The molecule has 4 atom stereocenters. The van der Waals surface area contributed by atoms with Crippen LogP contribution in [-0.2, 0) is 23.4 Å². The van der Waals surface area contributed by atoms with E-state index in [2.05, 4.69) is 9.51 Å². The summed E-state index contributed by atoms with van der Waals surface area (Å²) in [6.07, 6.45) is -1.77. The Labute approximate surface area is 129 Å². The Morgan fingerprint density at radius 3 is 2.96 bits per heavy atom. The van der Waals surface area contributed by atoms with Crippen LogP contribution in [0.25, 0.3) is 0 Å². The number of hydrogen-bond donors (Lipinski definition) is 3. The Balaban J connectivity index is 1.84. The number of ether oxygens (including phenoxy) is 3. The summed E-state index contributed by atoms with van der Waals surface area (Å²) in [6.45, 7) is 0.724. The summed E-state index contributed by atoms with van der Waals surface area (Å²) in [7, 11) is -4.69. The molecule has 3 heterocycles. The average molecular weight is 347 g/mol. The van der Waals surface area contributed by atoms with Crippen LogP contribution in [-0.4, -0.2) is 50.2 Å². The van der Waals surface area contributed by atoms with Crippen LogP contribution < -0.4 is 10.2 Å². The van der Waals surface area contributed by atoms with Gasteiger partial charge >= 0.3 is 19.8 Å². The summed E-state index contributed by atoms with van der Waals surface area (Å²) in [5.41, 5.74) is 0.00152. The first kappa shape index (κ1) is 16.1. The highest BCUT2D eigenvalue weighted by Crippen LogP contribution is 2.42. The number of esters is 1. The van der Waals surface area contributed by atoms with Crippen molar-refractivity contribution < 1.29 is 37.9 Å². The molecule has 0 bridgehead atoms. The molecular formula is C11H14N3O8P.